The largest absolute Gasteiger partial charge is 0.359 e. The molecule has 0 fully saturated rings. The summed E-state index contributed by atoms with van der Waals surface area (Å²) in [5.74, 6) is 0.565. The summed E-state index contributed by atoms with van der Waals surface area (Å²) in [6, 6.07) is 4.93. The molecule has 0 saturated heterocycles. The maximum Gasteiger partial charge on any atom is 0.242 e. The average Bonchev–Trinajstić information content (AvgIpc) is 2.25. The van der Waals surface area contributed by atoms with Crippen molar-refractivity contribution in [3.05, 3.63) is 23.4 Å². The molecule has 5 heteroatoms. The van der Waals surface area contributed by atoms with Gasteiger partial charge in [0.25, 0.3) is 0 Å². The molecule has 0 aliphatic carbocycles. The minimum absolute atomic E-state index is 0.0383. The highest BCUT2D eigenvalue weighted by molar-refractivity contribution is 6.29. The van der Waals surface area contributed by atoms with E-state index in [4.69, 9.17) is 11.6 Å². The lowest BCUT2D eigenvalue weighted by Gasteiger charge is -2.14. The molecule has 1 aromatic heterocycles. The molecule has 1 unspecified atom stereocenters. The van der Waals surface area contributed by atoms with Gasteiger partial charge in [0.05, 0.1) is 0 Å². The fraction of sp³-hybridized carbons (Fsp3) is 0.455. The van der Waals surface area contributed by atoms with Crippen molar-refractivity contribution < 1.29 is 4.79 Å². The van der Waals surface area contributed by atoms with E-state index in [9.17, 15) is 4.79 Å². The molecule has 1 heterocycles. The highest BCUT2D eigenvalue weighted by Crippen LogP contribution is 2.10. The zero-order valence-corrected chi connectivity index (χ0v) is 10.2. The Balaban J connectivity index is 2.50. The normalized spacial score (nSPS) is 11.9. The van der Waals surface area contributed by atoms with Gasteiger partial charge in [0, 0.05) is 6.54 Å². The second kappa shape index (κ2) is 6.33. The zero-order valence-electron chi connectivity index (χ0n) is 9.46. The number of aromatic nitrogens is 1. The smallest absolute Gasteiger partial charge is 0.242 e. The summed E-state index contributed by atoms with van der Waals surface area (Å²) in [6.07, 6.45) is 0.924. The summed E-state index contributed by atoms with van der Waals surface area (Å²) >= 11 is 5.74. The van der Waals surface area contributed by atoms with Crippen molar-refractivity contribution in [3.8, 4) is 0 Å². The fourth-order valence-corrected chi connectivity index (χ4v) is 1.34. The van der Waals surface area contributed by atoms with E-state index >= 15 is 0 Å². The van der Waals surface area contributed by atoms with Gasteiger partial charge in [-0.2, -0.15) is 0 Å². The summed E-state index contributed by atoms with van der Waals surface area (Å²) in [4.78, 5) is 15.6. The Morgan fingerprint density at radius 1 is 1.56 bits per heavy atom. The second-order valence-electron chi connectivity index (χ2n) is 3.50. The monoisotopic (exact) mass is 241 g/mol. The first-order valence-electron chi connectivity index (χ1n) is 5.30. The van der Waals surface area contributed by atoms with Crippen molar-refractivity contribution in [3.63, 3.8) is 0 Å². The van der Waals surface area contributed by atoms with Crippen LogP contribution in [0.15, 0.2) is 18.2 Å². The van der Waals surface area contributed by atoms with Gasteiger partial charge in [-0.05, 0) is 25.5 Å². The third-order valence-electron chi connectivity index (χ3n) is 2.02. The Labute approximate surface area is 100 Å². The molecule has 0 aliphatic rings. The number of nitrogens with one attached hydrogen (secondary N) is 2. The summed E-state index contributed by atoms with van der Waals surface area (Å²) in [6.45, 7) is 4.48. The first-order valence-corrected chi connectivity index (χ1v) is 5.68. The number of amides is 1. The number of carbonyl (C=O) groups excluding carboxylic acids is 1. The van der Waals surface area contributed by atoms with Crippen LogP contribution in [0.25, 0.3) is 0 Å². The highest BCUT2D eigenvalue weighted by Gasteiger charge is 2.11. The molecular weight excluding hydrogens is 226 g/mol. The third kappa shape index (κ3) is 4.06. The molecule has 1 aromatic rings. The molecule has 0 bridgehead atoms. The van der Waals surface area contributed by atoms with E-state index in [2.05, 4.69) is 15.6 Å². The van der Waals surface area contributed by atoms with Gasteiger partial charge in [-0.1, -0.05) is 24.6 Å². The molecule has 0 aromatic carbocycles. The van der Waals surface area contributed by atoms with Crippen molar-refractivity contribution >= 4 is 23.3 Å². The summed E-state index contributed by atoms with van der Waals surface area (Å²) < 4.78 is 0. The van der Waals surface area contributed by atoms with Gasteiger partial charge in [0.1, 0.15) is 17.0 Å². The van der Waals surface area contributed by atoms with Crippen molar-refractivity contribution in [2.45, 2.75) is 26.3 Å². The molecule has 88 valence electrons. The number of halogens is 1. The molecule has 4 nitrogen and oxygen atoms in total. The van der Waals surface area contributed by atoms with Crippen molar-refractivity contribution in [1.82, 2.24) is 10.3 Å². The Bertz CT molecular complexity index is 357. The number of nitrogens with zero attached hydrogens (tertiary/aromatic N) is 1. The van der Waals surface area contributed by atoms with Crippen LogP contribution in [0.3, 0.4) is 0 Å². The summed E-state index contributed by atoms with van der Waals surface area (Å²) in [5, 5.41) is 6.20. The predicted octanol–water partition coefficient (Wildman–Crippen LogP) is 2.06. The topological polar surface area (TPSA) is 54.0 Å². The van der Waals surface area contributed by atoms with Crippen LogP contribution in [0.5, 0.6) is 0 Å². The molecule has 0 aliphatic heterocycles. The zero-order chi connectivity index (χ0) is 12.0. The van der Waals surface area contributed by atoms with Crippen molar-refractivity contribution in [2.24, 2.45) is 0 Å². The number of anilines is 1. The van der Waals surface area contributed by atoms with Gasteiger partial charge in [0.15, 0.2) is 0 Å². The van der Waals surface area contributed by atoms with Crippen molar-refractivity contribution in [2.75, 3.05) is 11.9 Å². The van der Waals surface area contributed by atoms with Crippen LogP contribution in [0.1, 0.15) is 20.3 Å². The van der Waals surface area contributed by atoms with Gasteiger partial charge in [-0.3, -0.25) is 4.79 Å². The third-order valence-corrected chi connectivity index (χ3v) is 2.23. The minimum Gasteiger partial charge on any atom is -0.359 e. The summed E-state index contributed by atoms with van der Waals surface area (Å²) in [7, 11) is 0. The van der Waals surface area contributed by atoms with Crippen LogP contribution >= 0.6 is 11.6 Å². The van der Waals surface area contributed by atoms with E-state index in [1.54, 1.807) is 25.1 Å². The van der Waals surface area contributed by atoms with Crippen LogP contribution in [0.4, 0.5) is 5.82 Å². The average molecular weight is 242 g/mol. The first-order chi connectivity index (χ1) is 7.63. The van der Waals surface area contributed by atoms with Crippen LogP contribution in [0.2, 0.25) is 5.15 Å². The lowest BCUT2D eigenvalue weighted by molar-refractivity contribution is -0.121. The molecular formula is C11H16ClN3O. The SMILES string of the molecule is CCCNC(=O)C(C)Nc1cccc(Cl)n1. The van der Waals surface area contributed by atoms with Gasteiger partial charge in [-0.15, -0.1) is 0 Å². The van der Waals surface area contributed by atoms with Crippen LogP contribution in [-0.4, -0.2) is 23.5 Å². The quantitative estimate of drug-likeness (QED) is 0.776. The summed E-state index contributed by atoms with van der Waals surface area (Å²) in [5.41, 5.74) is 0. The molecule has 0 radical (unpaired) electrons. The number of hydrogen-bond donors (Lipinski definition) is 2. The van der Waals surface area contributed by atoms with Crippen LogP contribution in [0, 0.1) is 0 Å². The van der Waals surface area contributed by atoms with Crippen LogP contribution in [-0.2, 0) is 4.79 Å². The standard InChI is InChI=1S/C11H16ClN3O/c1-3-7-13-11(16)8(2)14-10-6-4-5-9(12)15-10/h4-6,8H,3,7H2,1-2H3,(H,13,16)(H,14,15). The predicted molar refractivity (Wildman–Crippen MR) is 65.6 cm³/mol. The van der Waals surface area contributed by atoms with E-state index < -0.39 is 0 Å². The van der Waals surface area contributed by atoms with E-state index in [1.807, 2.05) is 6.92 Å². The lowest BCUT2D eigenvalue weighted by Crippen LogP contribution is -2.38. The number of carbonyl (C=O) groups is 1. The first kappa shape index (κ1) is 12.8. The van der Waals surface area contributed by atoms with E-state index in [0.29, 0.717) is 17.5 Å². The fourth-order valence-electron chi connectivity index (χ4n) is 1.18. The number of rotatable bonds is 5. The maximum atomic E-state index is 11.6. The van der Waals surface area contributed by atoms with E-state index in [0.717, 1.165) is 6.42 Å². The maximum absolute atomic E-state index is 11.6. The molecule has 1 rings (SSSR count). The Kier molecular flexibility index (Phi) is 5.05. The minimum atomic E-state index is -0.322. The Hall–Kier alpha value is -1.29. The second-order valence-corrected chi connectivity index (χ2v) is 3.89. The highest BCUT2D eigenvalue weighted by atomic mass is 35.5. The molecule has 1 atom stereocenters. The number of pyridine rings is 1. The number of hydrogen-bond acceptors (Lipinski definition) is 3. The lowest BCUT2D eigenvalue weighted by atomic mass is 10.3. The molecule has 0 spiro atoms. The van der Waals surface area contributed by atoms with Gasteiger partial charge < -0.3 is 10.6 Å². The van der Waals surface area contributed by atoms with Crippen LogP contribution < -0.4 is 10.6 Å². The Morgan fingerprint density at radius 3 is 2.94 bits per heavy atom. The molecule has 16 heavy (non-hydrogen) atoms. The Morgan fingerprint density at radius 2 is 2.31 bits per heavy atom. The van der Waals surface area contributed by atoms with E-state index in [-0.39, 0.29) is 11.9 Å². The molecule has 1 amide bonds. The van der Waals surface area contributed by atoms with Gasteiger partial charge in [0.2, 0.25) is 5.91 Å². The van der Waals surface area contributed by atoms with Crippen molar-refractivity contribution in [1.29, 1.82) is 0 Å². The van der Waals surface area contributed by atoms with Gasteiger partial charge >= 0.3 is 0 Å². The molecule has 2 N–H and O–H groups in total. The van der Waals surface area contributed by atoms with Gasteiger partial charge in [-0.25, -0.2) is 4.98 Å². The van der Waals surface area contributed by atoms with E-state index in [1.165, 1.54) is 0 Å². The molecule has 0 saturated carbocycles.